The van der Waals surface area contributed by atoms with Gasteiger partial charge in [-0.1, -0.05) is 11.6 Å². The maximum absolute atomic E-state index is 12.9. The summed E-state index contributed by atoms with van der Waals surface area (Å²) >= 11 is 5.65. The lowest BCUT2D eigenvalue weighted by Crippen LogP contribution is -2.16. The van der Waals surface area contributed by atoms with Gasteiger partial charge in [0.2, 0.25) is 0 Å². The number of amidine groups is 1. The predicted molar refractivity (Wildman–Crippen MR) is 60.4 cm³/mol. The molecule has 1 aromatic carbocycles. The largest absolute Gasteiger partial charge is 0.344 e. The Morgan fingerprint density at radius 3 is 2.93 bits per heavy atom. The molecule has 1 aromatic rings. The smallest absolute Gasteiger partial charge is 0.141 e. The fraction of sp³-hybridized carbons (Fsp3) is 0.200. The zero-order valence-corrected chi connectivity index (χ0v) is 8.63. The Hall–Kier alpha value is -1.42. The SMILES string of the molecule is Fc1ccc(NC2=NC=NCC2)cc1Cl. The molecule has 0 radical (unpaired) electrons. The van der Waals surface area contributed by atoms with Gasteiger partial charge in [0.25, 0.3) is 0 Å². The summed E-state index contributed by atoms with van der Waals surface area (Å²) in [7, 11) is 0. The van der Waals surface area contributed by atoms with Crippen molar-refractivity contribution in [2.24, 2.45) is 9.98 Å². The van der Waals surface area contributed by atoms with Gasteiger partial charge in [0.05, 0.1) is 5.02 Å². The van der Waals surface area contributed by atoms with E-state index in [9.17, 15) is 4.39 Å². The first kappa shape index (κ1) is 10.1. The lowest BCUT2D eigenvalue weighted by atomic mass is 10.3. The number of anilines is 1. The van der Waals surface area contributed by atoms with Gasteiger partial charge < -0.3 is 5.32 Å². The summed E-state index contributed by atoms with van der Waals surface area (Å²) in [5.41, 5.74) is 0.732. The van der Waals surface area contributed by atoms with Crippen molar-refractivity contribution in [3.63, 3.8) is 0 Å². The number of rotatable bonds is 1. The maximum Gasteiger partial charge on any atom is 0.141 e. The van der Waals surface area contributed by atoms with Crippen LogP contribution in [0.25, 0.3) is 0 Å². The Bertz CT molecular complexity index is 429. The van der Waals surface area contributed by atoms with Crippen molar-refractivity contribution in [2.45, 2.75) is 6.42 Å². The third kappa shape index (κ3) is 2.53. The molecule has 0 saturated heterocycles. The average Bonchev–Trinajstić information content (AvgIpc) is 2.25. The second kappa shape index (κ2) is 4.40. The molecule has 0 aromatic heterocycles. The van der Waals surface area contributed by atoms with Crippen LogP contribution in [0.3, 0.4) is 0 Å². The van der Waals surface area contributed by atoms with E-state index < -0.39 is 5.82 Å². The highest BCUT2D eigenvalue weighted by Gasteiger charge is 2.04. The second-order valence-electron chi connectivity index (χ2n) is 3.10. The standard InChI is InChI=1S/C10H9ClFN3/c11-8-5-7(1-2-9(8)12)15-10-3-4-13-6-14-10/h1-2,5-6H,3-4H2,(H,13,14,15). The van der Waals surface area contributed by atoms with E-state index in [0.29, 0.717) is 0 Å². The molecule has 1 aliphatic heterocycles. The number of hydrogen-bond donors (Lipinski definition) is 1. The van der Waals surface area contributed by atoms with Gasteiger partial charge in [-0.15, -0.1) is 0 Å². The Morgan fingerprint density at radius 1 is 1.40 bits per heavy atom. The number of nitrogens with one attached hydrogen (secondary N) is 1. The van der Waals surface area contributed by atoms with Crippen LogP contribution in [0.1, 0.15) is 6.42 Å². The molecular weight excluding hydrogens is 217 g/mol. The van der Waals surface area contributed by atoms with Gasteiger partial charge in [-0.2, -0.15) is 0 Å². The minimum Gasteiger partial charge on any atom is -0.344 e. The third-order valence-corrected chi connectivity index (χ3v) is 2.27. The van der Waals surface area contributed by atoms with Crippen LogP contribution < -0.4 is 5.32 Å². The molecule has 0 spiro atoms. The lowest BCUT2D eigenvalue weighted by molar-refractivity contribution is 0.628. The van der Waals surface area contributed by atoms with E-state index in [4.69, 9.17) is 11.6 Å². The average molecular weight is 226 g/mol. The predicted octanol–water partition coefficient (Wildman–Crippen LogP) is 2.72. The number of aliphatic imine (C=N–C) groups is 2. The zero-order valence-electron chi connectivity index (χ0n) is 7.87. The van der Waals surface area contributed by atoms with Gasteiger partial charge in [-0.25, -0.2) is 9.38 Å². The van der Waals surface area contributed by atoms with Crippen molar-refractivity contribution in [2.75, 3.05) is 11.9 Å². The van der Waals surface area contributed by atoms with Crippen LogP contribution in [-0.4, -0.2) is 18.7 Å². The highest BCUT2D eigenvalue weighted by atomic mass is 35.5. The first-order chi connectivity index (χ1) is 7.25. The van der Waals surface area contributed by atoms with Crippen LogP contribution in [0.2, 0.25) is 5.02 Å². The number of hydrogen-bond acceptors (Lipinski definition) is 3. The minimum atomic E-state index is -0.422. The van der Waals surface area contributed by atoms with E-state index in [1.807, 2.05) is 0 Å². The van der Waals surface area contributed by atoms with E-state index >= 15 is 0 Å². The summed E-state index contributed by atoms with van der Waals surface area (Å²) in [5.74, 6) is 0.391. The molecule has 15 heavy (non-hydrogen) atoms. The fourth-order valence-corrected chi connectivity index (χ4v) is 1.42. The quantitative estimate of drug-likeness (QED) is 0.784. The zero-order chi connectivity index (χ0) is 10.7. The molecule has 1 heterocycles. The van der Waals surface area contributed by atoms with Crippen LogP contribution in [0.4, 0.5) is 10.1 Å². The highest BCUT2D eigenvalue weighted by Crippen LogP contribution is 2.19. The van der Waals surface area contributed by atoms with Crippen molar-refractivity contribution < 1.29 is 4.39 Å². The summed E-state index contributed by atoms with van der Waals surface area (Å²) in [6, 6.07) is 4.47. The van der Waals surface area contributed by atoms with Crippen molar-refractivity contribution in [3.05, 3.63) is 29.0 Å². The van der Waals surface area contributed by atoms with E-state index in [2.05, 4.69) is 15.3 Å². The Morgan fingerprint density at radius 2 is 2.27 bits per heavy atom. The molecule has 2 rings (SSSR count). The lowest BCUT2D eigenvalue weighted by Gasteiger charge is -2.10. The first-order valence-corrected chi connectivity index (χ1v) is 4.90. The van der Waals surface area contributed by atoms with Crippen LogP contribution in [0.5, 0.6) is 0 Å². The van der Waals surface area contributed by atoms with Crippen LogP contribution >= 0.6 is 11.6 Å². The van der Waals surface area contributed by atoms with Crippen molar-refractivity contribution in [1.29, 1.82) is 0 Å². The Labute approximate surface area is 91.7 Å². The number of nitrogens with zero attached hydrogens (tertiary/aromatic N) is 2. The molecule has 0 saturated carbocycles. The first-order valence-electron chi connectivity index (χ1n) is 4.53. The molecule has 1 aliphatic rings. The molecule has 3 nitrogen and oxygen atoms in total. The molecule has 0 fully saturated rings. The van der Waals surface area contributed by atoms with Crippen LogP contribution in [0, 0.1) is 5.82 Å². The fourth-order valence-electron chi connectivity index (χ4n) is 1.24. The van der Waals surface area contributed by atoms with Gasteiger partial charge in [-0.3, -0.25) is 4.99 Å². The number of benzene rings is 1. The van der Waals surface area contributed by atoms with Crippen LogP contribution in [0.15, 0.2) is 28.2 Å². The highest BCUT2D eigenvalue weighted by molar-refractivity contribution is 6.31. The molecule has 78 valence electrons. The van der Waals surface area contributed by atoms with Gasteiger partial charge in [0, 0.05) is 18.7 Å². The second-order valence-corrected chi connectivity index (χ2v) is 3.51. The summed E-state index contributed by atoms with van der Waals surface area (Å²) < 4.78 is 12.9. The summed E-state index contributed by atoms with van der Waals surface area (Å²) in [4.78, 5) is 8.02. The van der Waals surface area contributed by atoms with E-state index in [1.54, 1.807) is 6.07 Å². The molecule has 0 unspecified atom stereocenters. The minimum absolute atomic E-state index is 0.102. The molecule has 5 heteroatoms. The van der Waals surface area contributed by atoms with E-state index in [-0.39, 0.29) is 5.02 Å². The van der Waals surface area contributed by atoms with Gasteiger partial charge in [-0.05, 0) is 18.2 Å². The number of halogens is 2. The molecule has 1 N–H and O–H groups in total. The van der Waals surface area contributed by atoms with Crippen molar-refractivity contribution >= 4 is 29.5 Å². The third-order valence-electron chi connectivity index (χ3n) is 1.98. The molecule has 0 bridgehead atoms. The topological polar surface area (TPSA) is 36.8 Å². The monoisotopic (exact) mass is 225 g/mol. The maximum atomic E-state index is 12.9. The van der Waals surface area contributed by atoms with Crippen LogP contribution in [-0.2, 0) is 0 Å². The van der Waals surface area contributed by atoms with Crippen molar-refractivity contribution in [3.8, 4) is 0 Å². The Kier molecular flexibility index (Phi) is 2.97. The summed E-state index contributed by atoms with van der Waals surface area (Å²) in [5, 5.41) is 3.16. The summed E-state index contributed by atoms with van der Waals surface area (Å²) in [6.07, 6.45) is 2.27. The van der Waals surface area contributed by atoms with Gasteiger partial charge in [0.1, 0.15) is 18.0 Å². The van der Waals surface area contributed by atoms with E-state index in [1.165, 1.54) is 18.5 Å². The molecule has 0 amide bonds. The normalized spacial score (nSPS) is 14.9. The molecule has 0 aliphatic carbocycles. The molecule has 0 atom stereocenters. The Balaban J connectivity index is 2.14. The molecular formula is C10H9ClFN3. The van der Waals surface area contributed by atoms with Crippen molar-refractivity contribution in [1.82, 2.24) is 0 Å². The van der Waals surface area contributed by atoms with E-state index in [0.717, 1.165) is 24.5 Å². The van der Waals surface area contributed by atoms with Gasteiger partial charge >= 0.3 is 0 Å². The summed E-state index contributed by atoms with van der Waals surface area (Å²) in [6.45, 7) is 0.723. The van der Waals surface area contributed by atoms with Gasteiger partial charge in [0.15, 0.2) is 0 Å².